The fourth-order valence-corrected chi connectivity index (χ4v) is 2.37. The average Bonchev–Trinajstić information content (AvgIpc) is 2.41. The van der Waals surface area contributed by atoms with Crippen LogP contribution in [-0.4, -0.2) is 17.0 Å². The van der Waals surface area contributed by atoms with Gasteiger partial charge in [0.25, 0.3) is 0 Å². The highest BCUT2D eigenvalue weighted by atomic mass is 79.9. The van der Waals surface area contributed by atoms with Gasteiger partial charge in [0.1, 0.15) is 10.8 Å². The molecule has 0 unspecified atom stereocenters. The van der Waals surface area contributed by atoms with E-state index < -0.39 is 0 Å². The first-order valence-corrected chi connectivity index (χ1v) is 6.95. The van der Waals surface area contributed by atoms with Crippen molar-refractivity contribution in [2.75, 3.05) is 11.9 Å². The zero-order valence-corrected chi connectivity index (χ0v) is 13.1. The van der Waals surface area contributed by atoms with E-state index >= 15 is 0 Å². The topological polar surface area (TPSA) is 42.2 Å². The number of pyridine rings is 1. The molecule has 0 aliphatic heterocycles. The Labute approximate surface area is 126 Å². The monoisotopic (exact) mass is 335 g/mol. The fraction of sp³-hybridized carbons (Fsp3) is 0.143. The van der Waals surface area contributed by atoms with Gasteiger partial charge >= 0.3 is 0 Å². The number of aromatic nitrogens is 1. The van der Waals surface area contributed by atoms with Crippen molar-refractivity contribution >= 4 is 44.6 Å². The highest BCUT2D eigenvalue weighted by Crippen LogP contribution is 2.30. The van der Waals surface area contributed by atoms with Crippen molar-refractivity contribution in [3.8, 4) is 0 Å². The van der Waals surface area contributed by atoms with E-state index in [-0.39, 0.29) is 0 Å². The molecule has 3 nitrogen and oxygen atoms in total. The van der Waals surface area contributed by atoms with Crippen molar-refractivity contribution in [3.63, 3.8) is 0 Å². The second kappa shape index (κ2) is 5.67. The molecule has 0 atom stereocenters. The van der Waals surface area contributed by atoms with Gasteiger partial charge in [-0.1, -0.05) is 12.2 Å². The lowest BCUT2D eigenvalue weighted by Crippen LogP contribution is -2.13. The molecule has 0 aliphatic carbocycles. The first kappa shape index (κ1) is 14.0. The van der Waals surface area contributed by atoms with Gasteiger partial charge in [-0.2, -0.15) is 0 Å². The highest BCUT2D eigenvalue weighted by molar-refractivity contribution is 9.10. The molecule has 1 aromatic heterocycles. The first-order valence-electron chi connectivity index (χ1n) is 5.75. The van der Waals surface area contributed by atoms with Gasteiger partial charge in [-0.15, -0.1) is 0 Å². The molecule has 5 heteroatoms. The predicted octanol–water partition coefficient (Wildman–Crippen LogP) is 3.55. The average molecular weight is 336 g/mol. The number of thiocarbonyl (C=S) groups is 1. The van der Waals surface area contributed by atoms with Crippen LogP contribution in [0.2, 0.25) is 0 Å². The van der Waals surface area contributed by atoms with Crippen LogP contribution in [-0.2, 0) is 0 Å². The summed E-state index contributed by atoms with van der Waals surface area (Å²) in [6.07, 6.45) is 1.80. The van der Waals surface area contributed by atoms with E-state index in [1.165, 1.54) is 0 Å². The molecular weight excluding hydrogens is 322 g/mol. The van der Waals surface area contributed by atoms with E-state index in [1.807, 2.05) is 49.2 Å². The maximum atomic E-state index is 5.59. The van der Waals surface area contributed by atoms with E-state index in [1.54, 1.807) is 6.20 Å². The Morgan fingerprint density at radius 1 is 1.26 bits per heavy atom. The zero-order valence-electron chi connectivity index (χ0n) is 10.7. The molecule has 1 aromatic carbocycles. The van der Waals surface area contributed by atoms with Crippen LogP contribution < -0.4 is 10.6 Å². The van der Waals surface area contributed by atoms with Crippen LogP contribution in [0.4, 0.5) is 11.5 Å². The summed E-state index contributed by atoms with van der Waals surface area (Å²) >= 11 is 8.52. The minimum Gasteiger partial charge on any atom is -0.389 e. The van der Waals surface area contributed by atoms with Crippen LogP contribution in [0.3, 0.4) is 0 Å². The third-order valence-corrected chi connectivity index (χ3v) is 4.14. The Hall–Kier alpha value is -1.46. The van der Waals surface area contributed by atoms with Crippen molar-refractivity contribution < 1.29 is 0 Å². The highest BCUT2D eigenvalue weighted by Gasteiger charge is 2.11. The van der Waals surface area contributed by atoms with Crippen molar-refractivity contribution in [3.05, 3.63) is 52.1 Å². The predicted molar refractivity (Wildman–Crippen MR) is 87.1 cm³/mol. The molecule has 0 saturated heterocycles. The number of halogens is 1. The Balaban J connectivity index is 2.36. The van der Waals surface area contributed by atoms with E-state index in [0.717, 1.165) is 27.1 Å². The number of hydrogen-bond donors (Lipinski definition) is 1. The smallest absolute Gasteiger partial charge is 0.147 e. The van der Waals surface area contributed by atoms with Crippen LogP contribution in [0.15, 0.2) is 41.0 Å². The third kappa shape index (κ3) is 2.93. The number of rotatable bonds is 3. The van der Waals surface area contributed by atoms with Gasteiger partial charge in [-0.3, -0.25) is 0 Å². The van der Waals surface area contributed by atoms with Gasteiger partial charge in [0, 0.05) is 24.5 Å². The van der Waals surface area contributed by atoms with Gasteiger partial charge < -0.3 is 10.6 Å². The van der Waals surface area contributed by atoms with Gasteiger partial charge in [-0.05, 0) is 58.7 Å². The number of aryl methyl sites for hydroxylation is 1. The number of anilines is 2. The summed E-state index contributed by atoms with van der Waals surface area (Å²) in [5.74, 6) is 0.878. The molecule has 0 radical (unpaired) electrons. The molecule has 1 heterocycles. The molecular formula is C14H14BrN3S. The number of nitrogens with zero attached hydrogens (tertiary/aromatic N) is 2. The molecule has 0 fully saturated rings. The van der Waals surface area contributed by atoms with Crippen molar-refractivity contribution in [2.24, 2.45) is 5.73 Å². The fourth-order valence-electron chi connectivity index (χ4n) is 1.73. The summed E-state index contributed by atoms with van der Waals surface area (Å²) in [5.41, 5.74) is 8.63. The quantitative estimate of drug-likeness (QED) is 0.871. The summed E-state index contributed by atoms with van der Waals surface area (Å²) in [7, 11) is 1.97. The molecule has 0 bridgehead atoms. The van der Waals surface area contributed by atoms with E-state index in [9.17, 15) is 0 Å². The summed E-state index contributed by atoms with van der Waals surface area (Å²) in [4.78, 5) is 6.82. The maximum absolute atomic E-state index is 5.59. The summed E-state index contributed by atoms with van der Waals surface area (Å²) in [6, 6.07) is 9.75. The van der Waals surface area contributed by atoms with Crippen LogP contribution in [0.5, 0.6) is 0 Å². The molecule has 0 spiro atoms. The molecule has 0 amide bonds. The SMILES string of the molecule is Cc1ccnc(N(C)c2ccc(C(N)=S)cc2)c1Br. The van der Waals surface area contributed by atoms with Gasteiger partial charge in [0.05, 0.1) is 4.47 Å². The van der Waals surface area contributed by atoms with Gasteiger partial charge in [0.15, 0.2) is 0 Å². The first-order chi connectivity index (χ1) is 9.00. The van der Waals surface area contributed by atoms with E-state index in [0.29, 0.717) is 4.99 Å². The second-order valence-electron chi connectivity index (χ2n) is 4.24. The number of nitrogens with two attached hydrogens (primary N) is 1. The minimum absolute atomic E-state index is 0.407. The Bertz CT molecular complexity index is 611. The van der Waals surface area contributed by atoms with Crippen LogP contribution in [0.25, 0.3) is 0 Å². The summed E-state index contributed by atoms with van der Waals surface area (Å²) in [5, 5.41) is 0. The van der Waals surface area contributed by atoms with Gasteiger partial charge in [0.2, 0.25) is 0 Å². The summed E-state index contributed by atoms with van der Waals surface area (Å²) in [6.45, 7) is 2.04. The molecule has 2 aromatic rings. The maximum Gasteiger partial charge on any atom is 0.147 e. The lowest BCUT2D eigenvalue weighted by molar-refractivity contribution is 1.10. The van der Waals surface area contributed by atoms with Crippen LogP contribution >= 0.6 is 28.1 Å². The lowest BCUT2D eigenvalue weighted by atomic mass is 10.2. The number of hydrogen-bond acceptors (Lipinski definition) is 3. The Kier molecular flexibility index (Phi) is 4.17. The Morgan fingerprint density at radius 3 is 2.47 bits per heavy atom. The molecule has 0 aliphatic rings. The van der Waals surface area contributed by atoms with Crippen molar-refractivity contribution in [1.29, 1.82) is 0 Å². The summed E-state index contributed by atoms with van der Waals surface area (Å²) < 4.78 is 0.996. The molecule has 0 saturated carbocycles. The largest absolute Gasteiger partial charge is 0.389 e. The standard InChI is InChI=1S/C14H14BrN3S/c1-9-7-8-17-14(12(9)15)18(2)11-5-3-10(4-6-11)13(16)19/h3-8H,1-2H3,(H2,16,19). The van der Waals surface area contributed by atoms with Crippen molar-refractivity contribution in [2.45, 2.75) is 6.92 Å². The number of benzene rings is 1. The van der Waals surface area contributed by atoms with Crippen molar-refractivity contribution in [1.82, 2.24) is 4.98 Å². The van der Waals surface area contributed by atoms with Crippen LogP contribution in [0.1, 0.15) is 11.1 Å². The van der Waals surface area contributed by atoms with E-state index in [4.69, 9.17) is 18.0 Å². The lowest BCUT2D eigenvalue weighted by Gasteiger charge is -2.20. The van der Waals surface area contributed by atoms with E-state index in [2.05, 4.69) is 20.9 Å². The Morgan fingerprint density at radius 2 is 1.89 bits per heavy atom. The normalized spacial score (nSPS) is 10.3. The molecule has 2 N–H and O–H groups in total. The van der Waals surface area contributed by atoms with Gasteiger partial charge in [-0.25, -0.2) is 4.98 Å². The third-order valence-electron chi connectivity index (χ3n) is 2.92. The molecule has 98 valence electrons. The van der Waals surface area contributed by atoms with Crippen LogP contribution in [0, 0.1) is 6.92 Å². The molecule has 19 heavy (non-hydrogen) atoms. The zero-order chi connectivity index (χ0) is 14.0. The second-order valence-corrected chi connectivity index (χ2v) is 5.47. The molecule has 2 rings (SSSR count). The minimum atomic E-state index is 0.407.